The van der Waals surface area contributed by atoms with Gasteiger partial charge in [-0.1, -0.05) is 145 Å². The van der Waals surface area contributed by atoms with E-state index in [0.717, 1.165) is 53.5 Å². The second kappa shape index (κ2) is 14.2. The van der Waals surface area contributed by atoms with E-state index in [1.807, 2.05) is 12.1 Å². The molecular formula is C51H42N4O3. The van der Waals surface area contributed by atoms with Crippen molar-refractivity contribution in [1.29, 1.82) is 0 Å². The summed E-state index contributed by atoms with van der Waals surface area (Å²) in [7, 11) is 2.95. The zero-order chi connectivity index (χ0) is 39.5. The van der Waals surface area contributed by atoms with Gasteiger partial charge in [0.05, 0.1) is 11.0 Å². The third-order valence-corrected chi connectivity index (χ3v) is 12.4. The number of amides is 4. The summed E-state index contributed by atoms with van der Waals surface area (Å²) in [5.41, 5.74) is 6.71. The summed E-state index contributed by atoms with van der Waals surface area (Å²) in [6.07, 6.45) is 9.99. The number of nitrogens with zero attached hydrogens (tertiary/aromatic N) is 4. The Morgan fingerprint density at radius 2 is 0.897 bits per heavy atom. The lowest BCUT2D eigenvalue weighted by Crippen LogP contribution is -2.58. The molecule has 6 aromatic carbocycles. The number of barbiturate groups is 1. The van der Waals surface area contributed by atoms with Gasteiger partial charge in [-0.05, 0) is 59.0 Å². The van der Waals surface area contributed by atoms with Crippen molar-refractivity contribution in [3.05, 3.63) is 179 Å². The molecule has 8 aromatic rings. The molecule has 0 atom stereocenters. The highest BCUT2D eigenvalue weighted by Gasteiger charge is 2.49. The van der Waals surface area contributed by atoms with Gasteiger partial charge in [-0.2, -0.15) is 0 Å². The van der Waals surface area contributed by atoms with Gasteiger partial charge in [0.2, 0.25) is 11.8 Å². The summed E-state index contributed by atoms with van der Waals surface area (Å²) in [5, 5.41) is 9.24. The molecule has 7 heteroatoms. The van der Waals surface area contributed by atoms with Crippen molar-refractivity contribution < 1.29 is 14.4 Å². The van der Waals surface area contributed by atoms with Gasteiger partial charge in [0.15, 0.2) is 0 Å². The van der Waals surface area contributed by atoms with Gasteiger partial charge in [-0.3, -0.25) is 19.4 Å². The fraction of sp³-hybridized carbons (Fsp3) is 0.157. The Balaban J connectivity index is 1.16. The number of urea groups is 1. The maximum Gasteiger partial charge on any atom is 0.332 e. The van der Waals surface area contributed by atoms with Crippen LogP contribution in [0.1, 0.15) is 24.0 Å². The summed E-state index contributed by atoms with van der Waals surface area (Å²) in [4.78, 5) is 43.4. The number of imide groups is 2. The highest BCUT2D eigenvalue weighted by molar-refractivity contribution is 6.16. The van der Waals surface area contributed by atoms with Crippen LogP contribution < -0.4 is 10.7 Å². The molecule has 1 saturated heterocycles. The van der Waals surface area contributed by atoms with Gasteiger partial charge in [-0.25, -0.2) is 4.79 Å². The van der Waals surface area contributed by atoms with Crippen molar-refractivity contribution in [1.82, 2.24) is 18.9 Å². The smallest absolute Gasteiger partial charge is 0.332 e. The zero-order valence-electron chi connectivity index (χ0n) is 32.5. The molecule has 284 valence electrons. The highest BCUT2D eigenvalue weighted by Crippen LogP contribution is 2.44. The van der Waals surface area contributed by atoms with E-state index in [0.29, 0.717) is 25.9 Å². The van der Waals surface area contributed by atoms with Crippen LogP contribution in [0.15, 0.2) is 157 Å². The first-order valence-corrected chi connectivity index (χ1v) is 19.9. The number of carbonyl (C=O) groups is 3. The first-order valence-electron chi connectivity index (χ1n) is 19.9. The predicted molar refractivity (Wildman–Crippen MR) is 233 cm³/mol. The van der Waals surface area contributed by atoms with Crippen LogP contribution in [0, 0.1) is 11.8 Å². The van der Waals surface area contributed by atoms with Gasteiger partial charge in [0.1, 0.15) is 5.92 Å². The zero-order valence-corrected chi connectivity index (χ0v) is 32.5. The van der Waals surface area contributed by atoms with Crippen LogP contribution in [0.4, 0.5) is 4.79 Å². The SMILES string of the molecule is CN1C(=O)C(C2/C(=C\C=c3\c4cccc5cccc(c54)n3Cc3ccccc3)CC/C2=C/C=c2/c3cccc4cccc(c43)n2Cc2ccccc2)C(=O)N(C)C1=O. The van der Waals surface area contributed by atoms with Crippen LogP contribution in [0.3, 0.4) is 0 Å². The number of hydrogen-bond donors (Lipinski definition) is 0. The van der Waals surface area contributed by atoms with E-state index >= 15 is 0 Å². The Bertz CT molecular complexity index is 2900. The second-order valence-electron chi connectivity index (χ2n) is 15.6. The molecule has 58 heavy (non-hydrogen) atoms. The van der Waals surface area contributed by atoms with Crippen LogP contribution in [-0.4, -0.2) is 50.9 Å². The summed E-state index contributed by atoms with van der Waals surface area (Å²) < 4.78 is 4.73. The quantitative estimate of drug-likeness (QED) is 0.153. The monoisotopic (exact) mass is 758 g/mol. The van der Waals surface area contributed by atoms with E-state index in [-0.39, 0.29) is 0 Å². The van der Waals surface area contributed by atoms with Crippen LogP contribution in [-0.2, 0) is 22.7 Å². The van der Waals surface area contributed by atoms with Crippen molar-refractivity contribution >= 4 is 73.3 Å². The minimum absolute atomic E-state index is 0.468. The fourth-order valence-corrected chi connectivity index (χ4v) is 9.54. The number of benzene rings is 6. The van der Waals surface area contributed by atoms with Gasteiger partial charge >= 0.3 is 6.03 Å². The second-order valence-corrected chi connectivity index (χ2v) is 15.6. The van der Waals surface area contributed by atoms with E-state index in [4.69, 9.17) is 0 Å². The average Bonchev–Trinajstić information content (AvgIpc) is 3.90. The largest absolute Gasteiger partial charge is 0.336 e. The predicted octanol–water partition coefficient (Wildman–Crippen LogP) is 8.63. The van der Waals surface area contributed by atoms with Crippen LogP contribution >= 0.6 is 0 Å². The molecule has 4 amide bonds. The van der Waals surface area contributed by atoms with E-state index in [1.54, 1.807) is 0 Å². The van der Waals surface area contributed by atoms with Crippen molar-refractivity contribution in [3.63, 3.8) is 0 Å². The molecule has 1 aliphatic carbocycles. The lowest BCUT2D eigenvalue weighted by Gasteiger charge is -2.36. The molecule has 0 bridgehead atoms. The first-order chi connectivity index (χ1) is 28.4. The van der Waals surface area contributed by atoms with Crippen LogP contribution in [0.25, 0.3) is 55.5 Å². The normalized spacial score (nSPS) is 18.9. The van der Waals surface area contributed by atoms with E-state index in [9.17, 15) is 14.4 Å². The summed E-state index contributed by atoms with van der Waals surface area (Å²) >= 11 is 0. The molecule has 0 spiro atoms. The molecule has 2 aliphatic rings. The van der Waals surface area contributed by atoms with Gasteiger partial charge in [0.25, 0.3) is 0 Å². The molecule has 0 radical (unpaired) electrons. The van der Waals surface area contributed by atoms with Crippen molar-refractivity contribution in [2.24, 2.45) is 11.8 Å². The molecule has 1 saturated carbocycles. The topological polar surface area (TPSA) is 67.6 Å². The Morgan fingerprint density at radius 3 is 1.33 bits per heavy atom. The lowest BCUT2D eigenvalue weighted by atomic mass is 9.81. The number of hydrogen-bond acceptors (Lipinski definition) is 3. The molecule has 7 nitrogen and oxygen atoms in total. The molecule has 0 unspecified atom stereocenters. The minimum atomic E-state index is -1.06. The van der Waals surface area contributed by atoms with Crippen molar-refractivity contribution in [2.45, 2.75) is 25.9 Å². The maximum atomic E-state index is 14.1. The van der Waals surface area contributed by atoms with Gasteiger partial charge in [0, 0.05) is 65.3 Å². The number of aromatic nitrogens is 2. The average molecular weight is 759 g/mol. The molecular weight excluding hydrogens is 717 g/mol. The number of allylic oxidation sites excluding steroid dienone is 4. The highest BCUT2D eigenvalue weighted by atomic mass is 16.2. The Morgan fingerprint density at radius 1 is 0.483 bits per heavy atom. The molecule has 1 aliphatic heterocycles. The molecule has 10 rings (SSSR count). The number of rotatable bonds is 7. The molecule has 0 N–H and O–H groups in total. The van der Waals surface area contributed by atoms with E-state index in [2.05, 4.69) is 155 Å². The maximum absolute atomic E-state index is 14.1. The number of carbonyl (C=O) groups excluding carboxylic acids is 3. The van der Waals surface area contributed by atoms with Crippen molar-refractivity contribution in [2.75, 3.05) is 14.1 Å². The molecule has 3 heterocycles. The lowest BCUT2D eigenvalue weighted by molar-refractivity contribution is -0.148. The van der Waals surface area contributed by atoms with Crippen molar-refractivity contribution in [3.8, 4) is 0 Å². The Labute approximate surface area is 336 Å². The third kappa shape index (κ3) is 5.76. The molecule has 2 fully saturated rings. The first kappa shape index (κ1) is 35.4. The summed E-state index contributed by atoms with van der Waals surface area (Å²) in [6, 6.07) is 46.1. The van der Waals surface area contributed by atoms with Crippen LogP contribution in [0.5, 0.6) is 0 Å². The van der Waals surface area contributed by atoms with E-state index in [1.165, 1.54) is 46.8 Å². The third-order valence-electron chi connectivity index (χ3n) is 12.4. The summed E-state index contributed by atoms with van der Waals surface area (Å²) in [6.45, 7) is 1.38. The Hall–Kier alpha value is -6.99. The van der Waals surface area contributed by atoms with Gasteiger partial charge in [-0.15, -0.1) is 0 Å². The van der Waals surface area contributed by atoms with E-state index < -0.39 is 29.7 Å². The van der Waals surface area contributed by atoms with Gasteiger partial charge < -0.3 is 9.13 Å². The minimum Gasteiger partial charge on any atom is -0.336 e. The molecule has 2 aromatic heterocycles. The summed E-state index contributed by atoms with van der Waals surface area (Å²) in [5.74, 6) is -2.51. The fourth-order valence-electron chi connectivity index (χ4n) is 9.54. The van der Waals surface area contributed by atoms with Crippen LogP contribution in [0.2, 0.25) is 0 Å². The Kier molecular flexibility index (Phi) is 8.67. The standard InChI is InChI=1S/C51H42N4O3/c1-52-49(56)48(50(57)53(2)51(52)58)45-37(27-29-41-39-21-9-17-35-19-11-23-43(46(35)39)54(41)31-33-13-5-3-6-14-33)25-26-38(45)28-30-42-40-22-10-18-36-20-12-24-44(47(36)40)55(42)32-34-15-7-4-8-16-34/h3-24,27-30,45,48H,25-26,31-32H2,1-2H3/b37-27-,38-28-,41-29-,42-30-.